The van der Waals surface area contributed by atoms with E-state index in [1.165, 1.54) is 64.2 Å². The average molecular weight is 262 g/mol. The normalized spacial score (nSPS) is 35.4. The monoisotopic (exact) mass is 262 g/mol. The third kappa shape index (κ3) is 3.41. The molecule has 0 spiro atoms. The summed E-state index contributed by atoms with van der Waals surface area (Å²) in [5.74, 6) is 2.01. The van der Waals surface area contributed by atoms with Crippen molar-refractivity contribution in [2.24, 2.45) is 17.6 Å². The van der Waals surface area contributed by atoms with Gasteiger partial charge in [0.15, 0.2) is 0 Å². The molecule has 0 aromatic carbocycles. The predicted molar refractivity (Wildman–Crippen MR) is 81.0 cm³/mol. The first-order chi connectivity index (χ1) is 9.31. The summed E-state index contributed by atoms with van der Waals surface area (Å²) in [5, 5.41) is 3.86. The molecule has 0 bridgehead atoms. The Hall–Kier alpha value is -0.340. The minimum Gasteiger partial charge on any atom is -0.329 e. The quantitative estimate of drug-likeness (QED) is 0.720. The molecule has 0 aliphatic heterocycles. The molecule has 108 valence electrons. The van der Waals surface area contributed by atoms with Gasteiger partial charge in [-0.2, -0.15) is 0 Å². The topological polar surface area (TPSA) is 38.0 Å². The van der Waals surface area contributed by atoms with Gasteiger partial charge in [-0.15, -0.1) is 0 Å². The molecule has 2 unspecified atom stereocenters. The maximum atomic E-state index is 6.14. The van der Waals surface area contributed by atoms with Crippen LogP contribution >= 0.6 is 0 Å². The molecule has 19 heavy (non-hydrogen) atoms. The molecule has 0 saturated heterocycles. The van der Waals surface area contributed by atoms with E-state index >= 15 is 0 Å². The number of hydrogen-bond acceptors (Lipinski definition) is 2. The van der Waals surface area contributed by atoms with Crippen LogP contribution in [-0.4, -0.2) is 18.6 Å². The summed E-state index contributed by atoms with van der Waals surface area (Å²) < 4.78 is 0. The summed E-state index contributed by atoms with van der Waals surface area (Å²) in [6.07, 6.45) is 16.2. The van der Waals surface area contributed by atoms with E-state index in [4.69, 9.17) is 5.73 Å². The van der Waals surface area contributed by atoms with Gasteiger partial charge in [0.1, 0.15) is 0 Å². The Morgan fingerprint density at radius 1 is 1.21 bits per heavy atom. The highest BCUT2D eigenvalue weighted by Gasteiger charge is 2.40. The summed E-state index contributed by atoms with van der Waals surface area (Å²) in [7, 11) is 0. The fourth-order valence-electron chi connectivity index (χ4n) is 4.25. The largest absolute Gasteiger partial charge is 0.329 e. The van der Waals surface area contributed by atoms with Crippen LogP contribution in [0.3, 0.4) is 0 Å². The second-order valence-electron chi connectivity index (χ2n) is 7.11. The van der Waals surface area contributed by atoms with E-state index in [1.807, 2.05) is 0 Å². The zero-order valence-corrected chi connectivity index (χ0v) is 12.3. The van der Waals surface area contributed by atoms with Gasteiger partial charge in [0.2, 0.25) is 0 Å². The summed E-state index contributed by atoms with van der Waals surface area (Å²) in [5.41, 5.74) is 8.08. The Labute approximate surface area is 118 Å². The lowest BCUT2D eigenvalue weighted by molar-refractivity contribution is 0.171. The van der Waals surface area contributed by atoms with Crippen molar-refractivity contribution >= 4 is 0 Å². The molecule has 2 fully saturated rings. The summed E-state index contributed by atoms with van der Waals surface area (Å²) >= 11 is 0. The van der Waals surface area contributed by atoms with Crippen molar-refractivity contribution in [1.29, 1.82) is 0 Å². The van der Waals surface area contributed by atoms with Gasteiger partial charge in [0, 0.05) is 12.1 Å². The fourth-order valence-corrected chi connectivity index (χ4v) is 4.25. The molecule has 2 saturated carbocycles. The highest BCUT2D eigenvalue weighted by atomic mass is 15.0. The molecule has 0 aromatic heterocycles. The predicted octanol–water partition coefficient (Wildman–Crippen LogP) is 3.37. The average Bonchev–Trinajstić information content (AvgIpc) is 3.17. The molecule has 3 aliphatic rings. The van der Waals surface area contributed by atoms with Crippen LogP contribution in [0, 0.1) is 11.8 Å². The lowest BCUT2D eigenvalue weighted by atomic mass is 9.73. The van der Waals surface area contributed by atoms with Crippen LogP contribution in [0.15, 0.2) is 11.6 Å². The molecule has 2 heteroatoms. The van der Waals surface area contributed by atoms with Crippen LogP contribution in [-0.2, 0) is 0 Å². The van der Waals surface area contributed by atoms with E-state index in [9.17, 15) is 0 Å². The van der Waals surface area contributed by atoms with E-state index in [1.54, 1.807) is 5.57 Å². The van der Waals surface area contributed by atoms with Crippen molar-refractivity contribution in [2.75, 3.05) is 13.1 Å². The molecule has 3 aliphatic carbocycles. The molecule has 0 aromatic rings. The summed E-state index contributed by atoms with van der Waals surface area (Å²) in [6, 6.07) is 0. The van der Waals surface area contributed by atoms with E-state index in [0.29, 0.717) is 0 Å². The number of allylic oxidation sites excluding steroid dienone is 1. The Morgan fingerprint density at radius 3 is 2.79 bits per heavy atom. The number of nitrogens with two attached hydrogens (primary N) is 1. The van der Waals surface area contributed by atoms with Gasteiger partial charge in [0.05, 0.1) is 0 Å². The van der Waals surface area contributed by atoms with Gasteiger partial charge < -0.3 is 11.1 Å². The van der Waals surface area contributed by atoms with Crippen LogP contribution in [0.25, 0.3) is 0 Å². The first-order valence-electron chi connectivity index (χ1n) is 8.44. The van der Waals surface area contributed by atoms with E-state index in [-0.39, 0.29) is 5.54 Å². The van der Waals surface area contributed by atoms with Crippen LogP contribution in [0.4, 0.5) is 0 Å². The van der Waals surface area contributed by atoms with Crippen LogP contribution < -0.4 is 11.1 Å². The first kappa shape index (κ1) is 13.6. The van der Waals surface area contributed by atoms with Crippen molar-refractivity contribution in [1.82, 2.24) is 5.32 Å². The molecule has 2 atom stereocenters. The highest BCUT2D eigenvalue weighted by molar-refractivity contribution is 5.08. The fraction of sp³-hybridized carbons (Fsp3) is 0.882. The number of nitrogens with one attached hydrogen (secondary N) is 1. The van der Waals surface area contributed by atoms with Gasteiger partial charge >= 0.3 is 0 Å². The van der Waals surface area contributed by atoms with Crippen LogP contribution in [0.5, 0.6) is 0 Å². The van der Waals surface area contributed by atoms with Gasteiger partial charge in [0.25, 0.3) is 0 Å². The van der Waals surface area contributed by atoms with Crippen molar-refractivity contribution in [3.8, 4) is 0 Å². The maximum absolute atomic E-state index is 6.14. The van der Waals surface area contributed by atoms with E-state index < -0.39 is 0 Å². The smallest absolute Gasteiger partial charge is 0.0306 e. The minimum absolute atomic E-state index is 0.269. The number of hydrogen-bond donors (Lipinski definition) is 2. The van der Waals surface area contributed by atoms with Crippen LogP contribution in [0.1, 0.15) is 64.2 Å². The first-order valence-corrected chi connectivity index (χ1v) is 8.44. The molecule has 3 N–H and O–H groups in total. The molecule has 3 rings (SSSR count). The highest BCUT2D eigenvalue weighted by Crippen LogP contribution is 2.46. The molecule has 0 amide bonds. The van der Waals surface area contributed by atoms with Crippen LogP contribution in [0.2, 0.25) is 0 Å². The lowest BCUT2D eigenvalue weighted by Gasteiger charge is -2.41. The Balaban J connectivity index is 1.49. The van der Waals surface area contributed by atoms with Gasteiger partial charge in [-0.05, 0) is 69.7 Å². The molecule has 0 radical (unpaired) electrons. The van der Waals surface area contributed by atoms with E-state index in [0.717, 1.165) is 24.9 Å². The van der Waals surface area contributed by atoms with Crippen molar-refractivity contribution in [2.45, 2.75) is 69.7 Å². The Morgan fingerprint density at radius 2 is 2.11 bits per heavy atom. The molecule has 0 heterocycles. The standard InChI is InChI=1S/C17H30N2/c18-13-17(19-11-9-14-4-1-2-5-14)10-3-6-16(12-17)15-7-8-15/h4,15-16,19H,1-3,5-13,18H2. The zero-order valence-electron chi connectivity index (χ0n) is 12.3. The lowest BCUT2D eigenvalue weighted by Crippen LogP contribution is -2.54. The van der Waals surface area contributed by atoms with Crippen molar-refractivity contribution in [3.05, 3.63) is 11.6 Å². The van der Waals surface area contributed by atoms with Gasteiger partial charge in [-0.1, -0.05) is 24.5 Å². The summed E-state index contributed by atoms with van der Waals surface area (Å²) in [4.78, 5) is 0. The molecular formula is C17H30N2. The van der Waals surface area contributed by atoms with Crippen molar-refractivity contribution in [3.63, 3.8) is 0 Å². The third-order valence-electron chi connectivity index (χ3n) is 5.64. The Bertz CT molecular complexity index is 332. The SMILES string of the molecule is NCC1(NCCC2=CCCC2)CCCC(C2CC2)C1. The molecule has 2 nitrogen and oxygen atoms in total. The molecular weight excluding hydrogens is 232 g/mol. The van der Waals surface area contributed by atoms with Crippen molar-refractivity contribution < 1.29 is 0 Å². The second kappa shape index (κ2) is 5.97. The zero-order chi connectivity index (χ0) is 13.1. The third-order valence-corrected chi connectivity index (χ3v) is 5.64. The Kier molecular flexibility index (Phi) is 4.28. The van der Waals surface area contributed by atoms with E-state index in [2.05, 4.69) is 11.4 Å². The van der Waals surface area contributed by atoms with Gasteiger partial charge in [-0.25, -0.2) is 0 Å². The maximum Gasteiger partial charge on any atom is 0.0306 e. The number of rotatable bonds is 6. The summed E-state index contributed by atoms with van der Waals surface area (Å²) in [6.45, 7) is 1.97. The minimum atomic E-state index is 0.269. The second-order valence-corrected chi connectivity index (χ2v) is 7.11. The van der Waals surface area contributed by atoms with Gasteiger partial charge in [-0.3, -0.25) is 0 Å².